The summed E-state index contributed by atoms with van der Waals surface area (Å²) >= 11 is 3.58. The summed E-state index contributed by atoms with van der Waals surface area (Å²) in [5.74, 6) is 0.951. The van der Waals surface area contributed by atoms with Gasteiger partial charge in [0.05, 0.1) is 30.6 Å². The van der Waals surface area contributed by atoms with E-state index in [1.165, 1.54) is 0 Å². The zero-order valence-corrected chi connectivity index (χ0v) is 19.8. The van der Waals surface area contributed by atoms with E-state index in [1.54, 1.807) is 6.20 Å². The second kappa shape index (κ2) is 7.67. The number of piperidine rings is 1. The quantitative estimate of drug-likeness (QED) is 0.706. The Morgan fingerprint density at radius 3 is 2.73 bits per heavy atom. The van der Waals surface area contributed by atoms with Crippen molar-refractivity contribution in [2.45, 2.75) is 65.2 Å². The highest BCUT2D eigenvalue weighted by Gasteiger charge is 2.50. The van der Waals surface area contributed by atoms with E-state index in [0.29, 0.717) is 6.61 Å². The lowest BCUT2D eigenvalue weighted by Gasteiger charge is -2.43. The van der Waals surface area contributed by atoms with Crippen molar-refractivity contribution < 1.29 is 14.3 Å². The van der Waals surface area contributed by atoms with Crippen LogP contribution >= 0.6 is 15.9 Å². The van der Waals surface area contributed by atoms with Gasteiger partial charge in [0.1, 0.15) is 15.7 Å². The van der Waals surface area contributed by atoms with Gasteiger partial charge in [0, 0.05) is 18.5 Å². The minimum atomic E-state index is -0.523. The Morgan fingerprint density at radius 1 is 1.37 bits per heavy atom. The lowest BCUT2D eigenvalue weighted by Crippen LogP contribution is -2.55. The first kappa shape index (κ1) is 21.4. The Bertz CT molecular complexity index is 946. The number of fused-ring (bicyclic) bond motifs is 1. The van der Waals surface area contributed by atoms with E-state index in [1.807, 2.05) is 45.2 Å². The molecule has 0 saturated carbocycles. The maximum absolute atomic E-state index is 12.4. The van der Waals surface area contributed by atoms with Crippen molar-refractivity contribution in [1.29, 1.82) is 0 Å². The molecule has 8 nitrogen and oxygen atoms in total. The summed E-state index contributed by atoms with van der Waals surface area (Å²) in [6.45, 7) is 12.0. The van der Waals surface area contributed by atoms with Gasteiger partial charge < -0.3 is 19.7 Å². The van der Waals surface area contributed by atoms with Crippen LogP contribution in [-0.2, 0) is 9.47 Å². The molecule has 2 aliphatic rings. The number of halogens is 1. The number of aryl methyl sites for hydroxylation is 1. The number of hydrogen-bond donors (Lipinski definition) is 1. The molecule has 0 unspecified atom stereocenters. The molecule has 30 heavy (non-hydrogen) atoms. The van der Waals surface area contributed by atoms with E-state index in [2.05, 4.69) is 31.2 Å². The molecular formula is C21H30BrN5O3. The predicted molar refractivity (Wildman–Crippen MR) is 118 cm³/mol. The van der Waals surface area contributed by atoms with Crippen LogP contribution in [-0.4, -0.2) is 58.1 Å². The van der Waals surface area contributed by atoms with E-state index >= 15 is 0 Å². The van der Waals surface area contributed by atoms with E-state index in [4.69, 9.17) is 14.5 Å². The van der Waals surface area contributed by atoms with Crippen molar-refractivity contribution in [2.75, 3.05) is 24.6 Å². The third-order valence-electron chi connectivity index (χ3n) is 6.12. The van der Waals surface area contributed by atoms with Crippen molar-refractivity contribution in [3.63, 3.8) is 0 Å². The molecular weight excluding hydrogens is 450 g/mol. The summed E-state index contributed by atoms with van der Waals surface area (Å²) < 4.78 is 14.3. The molecule has 2 atom stereocenters. The van der Waals surface area contributed by atoms with Crippen molar-refractivity contribution >= 4 is 33.4 Å². The zero-order valence-electron chi connectivity index (χ0n) is 18.2. The van der Waals surface area contributed by atoms with Crippen molar-refractivity contribution in [3.05, 3.63) is 22.6 Å². The highest BCUT2D eigenvalue weighted by atomic mass is 79.9. The zero-order chi connectivity index (χ0) is 21.7. The van der Waals surface area contributed by atoms with Gasteiger partial charge in [-0.3, -0.25) is 0 Å². The van der Waals surface area contributed by atoms with Gasteiger partial charge in [-0.15, -0.1) is 0 Å². The molecule has 164 valence electrons. The van der Waals surface area contributed by atoms with Gasteiger partial charge in [0.2, 0.25) is 0 Å². The Hall–Kier alpha value is -1.87. The second-order valence-electron chi connectivity index (χ2n) is 9.43. The monoisotopic (exact) mass is 479 g/mol. The highest BCUT2D eigenvalue weighted by molar-refractivity contribution is 9.10. The lowest BCUT2D eigenvalue weighted by molar-refractivity contribution is 0.0434. The number of nitrogens with zero attached hydrogens (tertiary/aromatic N) is 4. The molecule has 0 aromatic carbocycles. The molecule has 2 aliphatic heterocycles. The molecule has 0 aliphatic carbocycles. The highest BCUT2D eigenvalue weighted by Crippen LogP contribution is 2.43. The second-order valence-corrected chi connectivity index (χ2v) is 10.2. The normalized spacial score (nSPS) is 23.9. The summed E-state index contributed by atoms with van der Waals surface area (Å²) in [5.41, 5.74) is 1.28. The number of rotatable bonds is 2. The van der Waals surface area contributed by atoms with Crippen LogP contribution in [0.3, 0.4) is 0 Å². The molecule has 1 N–H and O–H groups in total. The first-order valence-corrected chi connectivity index (χ1v) is 11.2. The minimum Gasteiger partial charge on any atom is -0.444 e. The van der Waals surface area contributed by atoms with Crippen molar-refractivity contribution in [2.24, 2.45) is 5.41 Å². The molecule has 2 saturated heterocycles. The van der Waals surface area contributed by atoms with E-state index in [0.717, 1.165) is 47.6 Å². The van der Waals surface area contributed by atoms with Crippen LogP contribution in [0.2, 0.25) is 0 Å². The number of anilines is 1. The number of hydrogen-bond acceptors (Lipinski definition) is 6. The molecule has 2 aromatic rings. The molecule has 2 fully saturated rings. The Morgan fingerprint density at radius 2 is 2.07 bits per heavy atom. The van der Waals surface area contributed by atoms with E-state index < -0.39 is 5.60 Å². The fraction of sp³-hybridized carbons (Fsp3) is 0.667. The first-order valence-electron chi connectivity index (χ1n) is 10.5. The number of carbonyl (C=O) groups excluding carboxylic acids is 1. The summed E-state index contributed by atoms with van der Waals surface area (Å²) in [7, 11) is 0. The third-order valence-corrected chi connectivity index (χ3v) is 7.03. The van der Waals surface area contributed by atoms with Gasteiger partial charge >= 0.3 is 6.09 Å². The number of ether oxygens (including phenoxy) is 2. The Balaban J connectivity index is 1.51. The van der Waals surface area contributed by atoms with Gasteiger partial charge in [-0.25, -0.2) is 14.3 Å². The van der Waals surface area contributed by atoms with Gasteiger partial charge in [-0.05, 0) is 69.5 Å². The van der Waals surface area contributed by atoms with Gasteiger partial charge in [0.15, 0.2) is 5.82 Å². The van der Waals surface area contributed by atoms with Crippen LogP contribution in [0.25, 0.3) is 5.52 Å². The van der Waals surface area contributed by atoms with Crippen molar-refractivity contribution in [1.82, 2.24) is 19.9 Å². The molecule has 4 rings (SSSR count). The van der Waals surface area contributed by atoms with E-state index in [-0.39, 0.29) is 23.7 Å². The largest absolute Gasteiger partial charge is 0.444 e. The number of aromatic nitrogens is 3. The van der Waals surface area contributed by atoms with Crippen LogP contribution < -0.4 is 10.2 Å². The number of amides is 1. The lowest BCUT2D eigenvalue weighted by atomic mass is 9.73. The van der Waals surface area contributed by atoms with Crippen molar-refractivity contribution in [3.8, 4) is 0 Å². The summed E-state index contributed by atoms with van der Waals surface area (Å²) in [6.07, 6.45) is 3.20. The fourth-order valence-electron chi connectivity index (χ4n) is 4.58. The average Bonchev–Trinajstić information content (AvgIpc) is 3.26. The molecule has 1 amide bonds. The topological polar surface area (TPSA) is 81.0 Å². The summed E-state index contributed by atoms with van der Waals surface area (Å²) in [6, 6.07) is 1.92. The first-order chi connectivity index (χ1) is 14.1. The molecule has 0 bridgehead atoms. The van der Waals surface area contributed by atoms with Crippen LogP contribution in [0.1, 0.15) is 46.2 Å². The van der Waals surface area contributed by atoms with Crippen LogP contribution in [0, 0.1) is 12.3 Å². The molecule has 9 heteroatoms. The number of carbonyl (C=O) groups is 1. The number of nitrogens with one attached hydrogen (secondary N) is 1. The van der Waals surface area contributed by atoms with Crippen LogP contribution in [0.15, 0.2) is 16.9 Å². The fourth-order valence-corrected chi connectivity index (χ4v) is 4.95. The Labute approximate surface area is 185 Å². The van der Waals surface area contributed by atoms with Crippen LogP contribution in [0.5, 0.6) is 0 Å². The minimum absolute atomic E-state index is 0.0429. The molecule has 2 aromatic heterocycles. The third kappa shape index (κ3) is 3.89. The van der Waals surface area contributed by atoms with Gasteiger partial charge in [-0.2, -0.15) is 5.10 Å². The smallest absolute Gasteiger partial charge is 0.407 e. The Kier molecular flexibility index (Phi) is 5.47. The van der Waals surface area contributed by atoms with Gasteiger partial charge in [0.25, 0.3) is 0 Å². The molecule has 1 spiro atoms. The molecule has 4 heterocycles. The maximum atomic E-state index is 12.4. The molecule has 0 radical (unpaired) electrons. The summed E-state index contributed by atoms with van der Waals surface area (Å²) in [4.78, 5) is 19.6. The SMILES string of the molecule is Cc1nc(N2CCC3(CC2)CO[C@@H](C)[C@H]3NC(=O)OC(C)(C)C)c2ccnn2c1Br. The van der Waals surface area contributed by atoms with E-state index in [9.17, 15) is 4.79 Å². The van der Waals surface area contributed by atoms with Gasteiger partial charge in [-0.1, -0.05) is 0 Å². The summed E-state index contributed by atoms with van der Waals surface area (Å²) in [5, 5.41) is 7.51. The average molecular weight is 480 g/mol. The van der Waals surface area contributed by atoms with Crippen LogP contribution in [0.4, 0.5) is 10.6 Å². The standard InChI is InChI=1S/C21H30BrN5O3/c1-13-17(22)27-15(6-9-23-27)18(24-13)26-10-7-21(8-11-26)12-29-14(2)16(21)25-19(28)30-20(3,4)5/h6,9,14,16H,7-8,10-12H2,1-5H3,(H,25,28)/t14-,16+/m0/s1. The maximum Gasteiger partial charge on any atom is 0.407 e. The predicted octanol–water partition coefficient (Wildman–Crippen LogP) is 3.70. The number of alkyl carbamates (subject to hydrolysis) is 1.